The molecule has 0 atom stereocenters. The number of hydrogen-bond acceptors (Lipinski definition) is 1. The zero-order valence-corrected chi connectivity index (χ0v) is 18.5. The quantitative estimate of drug-likeness (QED) is 0.224. The maximum atomic E-state index is 5.07. The van der Waals surface area contributed by atoms with Gasteiger partial charge in [0.05, 0.1) is 10.6 Å². The van der Waals surface area contributed by atoms with Gasteiger partial charge in [0, 0.05) is 26.7 Å². The van der Waals surface area contributed by atoms with Gasteiger partial charge in [0.1, 0.15) is 0 Å². The summed E-state index contributed by atoms with van der Waals surface area (Å²) in [4.78, 5) is 14.5. The average molecular weight is 461 g/mol. The molecule has 6 heteroatoms. The number of guanidine groups is 2. The van der Waals surface area contributed by atoms with Gasteiger partial charge in [-0.3, -0.25) is 0 Å². The van der Waals surface area contributed by atoms with Crippen molar-refractivity contribution in [2.45, 2.75) is 83.2 Å². The predicted octanol–water partition coefficient (Wildman–Crippen LogP) is 4.23. The largest absolute Gasteiger partial charge is 0.352 e. The van der Waals surface area contributed by atoms with E-state index in [1.54, 1.807) is 0 Å². The second kappa shape index (κ2) is 11.2. The van der Waals surface area contributed by atoms with Crippen molar-refractivity contribution in [2.75, 3.05) is 25.2 Å². The van der Waals surface area contributed by atoms with Gasteiger partial charge in [-0.15, -0.1) is 0 Å². The molecule has 0 unspecified atom stereocenters. The zero-order chi connectivity index (χ0) is 18.1. The van der Waals surface area contributed by atoms with E-state index >= 15 is 0 Å². The number of alkyl halides is 1. The lowest BCUT2D eigenvalue weighted by molar-refractivity contribution is 0.405. The minimum Gasteiger partial charge on any atom is -0.352 e. The monoisotopic (exact) mass is 461 g/mol. The predicted molar refractivity (Wildman–Crippen MR) is 117 cm³/mol. The van der Waals surface area contributed by atoms with Gasteiger partial charge in [-0.25, -0.2) is 4.99 Å². The van der Waals surface area contributed by atoms with E-state index in [9.17, 15) is 0 Å². The van der Waals surface area contributed by atoms with E-state index in [-0.39, 0.29) is 0 Å². The van der Waals surface area contributed by atoms with E-state index in [1.807, 2.05) is 0 Å². The van der Waals surface area contributed by atoms with Gasteiger partial charge < -0.3 is 15.1 Å². The van der Waals surface area contributed by atoms with Crippen molar-refractivity contribution in [3.63, 3.8) is 0 Å². The molecule has 0 aromatic heterocycles. The van der Waals surface area contributed by atoms with Crippen LogP contribution in [0.5, 0.6) is 0 Å². The first-order valence-corrected chi connectivity index (χ1v) is 11.6. The zero-order valence-electron chi connectivity index (χ0n) is 16.3. The molecule has 5 nitrogen and oxygen atoms in total. The van der Waals surface area contributed by atoms with Crippen molar-refractivity contribution in [2.24, 2.45) is 9.98 Å². The summed E-state index contributed by atoms with van der Waals surface area (Å²) in [5.41, 5.74) is 0. The Bertz CT molecular complexity index is 427. The summed E-state index contributed by atoms with van der Waals surface area (Å²) in [6.07, 6.45) is 12.9. The molecular formula is C19H36IN5. The van der Waals surface area contributed by atoms with Crippen LogP contribution in [0.3, 0.4) is 0 Å². The van der Waals surface area contributed by atoms with Crippen LogP contribution in [0, 0.1) is 0 Å². The molecule has 1 N–H and O–H groups in total. The second-order valence-corrected chi connectivity index (χ2v) is 8.15. The second-order valence-electron chi connectivity index (χ2n) is 7.47. The van der Waals surface area contributed by atoms with E-state index in [2.05, 4.69) is 58.7 Å². The summed E-state index contributed by atoms with van der Waals surface area (Å²) >= 11 is 2.39. The maximum absolute atomic E-state index is 5.07. The standard InChI is InChI=1S/C19H36IN5/c1-4-24(2)19(25(3)15-20)23-18(21-16-11-7-5-8-12-16)22-17-13-9-6-10-14-17/h16-17H,4-15H2,1-3H3,(H,21,22). The minimum absolute atomic E-state index is 0.446. The lowest BCUT2D eigenvalue weighted by atomic mass is 9.95. The molecule has 2 saturated carbocycles. The van der Waals surface area contributed by atoms with Crippen LogP contribution in [0.2, 0.25) is 0 Å². The molecule has 2 fully saturated rings. The SMILES string of the molecule is CCN(C)C(=NC(=NC1CCCCC1)NC1CCCCC1)N(C)CI. The molecule has 0 bridgehead atoms. The first-order valence-electron chi connectivity index (χ1n) is 10.0. The van der Waals surface area contributed by atoms with Crippen molar-refractivity contribution in [1.82, 2.24) is 15.1 Å². The molecule has 2 aliphatic carbocycles. The summed E-state index contributed by atoms with van der Waals surface area (Å²) in [7, 11) is 4.22. The summed E-state index contributed by atoms with van der Waals surface area (Å²) in [6.45, 7) is 3.11. The molecule has 0 saturated heterocycles. The number of hydrogen-bond donors (Lipinski definition) is 1. The Balaban J connectivity index is 2.20. The van der Waals surface area contributed by atoms with Crippen LogP contribution in [-0.2, 0) is 0 Å². The van der Waals surface area contributed by atoms with Crippen molar-refractivity contribution >= 4 is 34.5 Å². The van der Waals surface area contributed by atoms with Crippen molar-refractivity contribution in [3.8, 4) is 0 Å². The summed E-state index contributed by atoms with van der Waals surface area (Å²) in [5.74, 6) is 1.88. The van der Waals surface area contributed by atoms with Gasteiger partial charge in [0.25, 0.3) is 0 Å². The minimum atomic E-state index is 0.446. The molecule has 0 spiro atoms. The Morgan fingerprint density at radius 1 is 0.960 bits per heavy atom. The Morgan fingerprint density at radius 2 is 1.56 bits per heavy atom. The Hall–Kier alpha value is -0.530. The van der Waals surface area contributed by atoms with Crippen LogP contribution in [0.4, 0.5) is 0 Å². The smallest absolute Gasteiger partial charge is 0.221 e. The highest BCUT2D eigenvalue weighted by molar-refractivity contribution is 14.1. The number of nitrogens with zero attached hydrogens (tertiary/aromatic N) is 4. The van der Waals surface area contributed by atoms with Crippen LogP contribution in [0.1, 0.15) is 71.1 Å². The average Bonchev–Trinajstić information content (AvgIpc) is 2.66. The molecule has 2 rings (SSSR count). The van der Waals surface area contributed by atoms with Gasteiger partial charge in [-0.2, -0.15) is 4.99 Å². The summed E-state index contributed by atoms with van der Waals surface area (Å²) < 4.78 is 0.918. The molecule has 2 aliphatic rings. The third kappa shape index (κ3) is 6.94. The van der Waals surface area contributed by atoms with Gasteiger partial charge in [-0.1, -0.05) is 61.1 Å². The third-order valence-corrected chi connectivity index (χ3v) is 6.38. The molecule has 0 aromatic carbocycles. The molecule has 144 valence electrons. The van der Waals surface area contributed by atoms with Crippen molar-refractivity contribution < 1.29 is 0 Å². The molecule has 0 aliphatic heterocycles. The highest BCUT2D eigenvalue weighted by Gasteiger charge is 2.19. The van der Waals surface area contributed by atoms with E-state index in [0.29, 0.717) is 12.1 Å². The van der Waals surface area contributed by atoms with Crippen LogP contribution in [0.15, 0.2) is 9.98 Å². The van der Waals surface area contributed by atoms with Crippen molar-refractivity contribution in [3.05, 3.63) is 0 Å². The topological polar surface area (TPSA) is 43.2 Å². The fraction of sp³-hybridized carbons (Fsp3) is 0.895. The third-order valence-electron chi connectivity index (χ3n) is 5.36. The highest BCUT2D eigenvalue weighted by Crippen LogP contribution is 2.21. The number of aliphatic imine (C=N–C) groups is 2. The van der Waals surface area contributed by atoms with Gasteiger partial charge in [0.2, 0.25) is 11.9 Å². The number of rotatable bonds is 4. The summed E-state index contributed by atoms with van der Waals surface area (Å²) in [6, 6.07) is 0.986. The maximum Gasteiger partial charge on any atom is 0.221 e. The van der Waals surface area contributed by atoms with E-state index in [1.165, 1.54) is 64.2 Å². The van der Waals surface area contributed by atoms with Crippen LogP contribution in [0.25, 0.3) is 0 Å². The Morgan fingerprint density at radius 3 is 2.12 bits per heavy atom. The molecule has 0 amide bonds. The Labute approximate surface area is 167 Å². The van der Waals surface area contributed by atoms with Crippen LogP contribution >= 0.6 is 22.6 Å². The molecular weight excluding hydrogens is 425 g/mol. The lowest BCUT2D eigenvalue weighted by Gasteiger charge is -2.29. The van der Waals surface area contributed by atoms with E-state index < -0.39 is 0 Å². The molecule has 25 heavy (non-hydrogen) atoms. The molecule has 0 radical (unpaired) electrons. The van der Waals surface area contributed by atoms with Crippen molar-refractivity contribution in [1.29, 1.82) is 0 Å². The molecule has 0 heterocycles. The fourth-order valence-electron chi connectivity index (χ4n) is 3.66. The lowest BCUT2D eigenvalue weighted by Crippen LogP contribution is -2.43. The van der Waals surface area contributed by atoms with Crippen LogP contribution in [-0.4, -0.2) is 59.0 Å². The highest BCUT2D eigenvalue weighted by atomic mass is 127. The first-order chi connectivity index (χ1) is 12.1. The number of nitrogens with one attached hydrogen (secondary N) is 1. The summed E-state index contributed by atoms with van der Waals surface area (Å²) in [5, 5.41) is 3.70. The van der Waals surface area contributed by atoms with E-state index in [0.717, 1.165) is 23.0 Å². The first kappa shape index (κ1) is 20.8. The van der Waals surface area contributed by atoms with E-state index in [4.69, 9.17) is 9.98 Å². The number of halogens is 1. The fourth-order valence-corrected chi connectivity index (χ4v) is 3.97. The molecule has 0 aromatic rings. The van der Waals surface area contributed by atoms with Gasteiger partial charge in [0.15, 0.2) is 0 Å². The van der Waals surface area contributed by atoms with Gasteiger partial charge >= 0.3 is 0 Å². The van der Waals surface area contributed by atoms with Gasteiger partial charge in [-0.05, 0) is 32.6 Å². The van der Waals surface area contributed by atoms with Crippen LogP contribution < -0.4 is 5.32 Å². The normalized spacial score (nSPS) is 21.3. The Kier molecular flexibility index (Phi) is 9.34.